The number of hydrogen-bond acceptors (Lipinski definition) is 2. The van der Waals surface area contributed by atoms with Crippen molar-refractivity contribution in [3.8, 4) is 44.5 Å². The molecule has 0 unspecified atom stereocenters. The largest absolute Gasteiger partial charge is 0.309 e. The highest BCUT2D eigenvalue weighted by atomic mass is 19.1. The Kier molecular flexibility index (Phi) is 6.95. The maximum absolute atomic E-state index is 18.9. The predicted octanol–water partition coefficient (Wildman–Crippen LogP) is 20.6. The lowest BCUT2D eigenvalue weighted by atomic mass is 9.91. The van der Waals surface area contributed by atoms with Crippen LogP contribution >= 0.6 is 0 Å². The van der Waals surface area contributed by atoms with Crippen molar-refractivity contribution in [2.75, 3.05) is 9.80 Å². The van der Waals surface area contributed by atoms with Gasteiger partial charge in [0.05, 0.1) is 54.5 Å². The molecule has 0 spiro atoms. The molecule has 352 valence electrons. The highest BCUT2D eigenvalue weighted by molar-refractivity contribution is 6.28. The molecule has 14 aromatic rings. The van der Waals surface area contributed by atoms with Crippen molar-refractivity contribution in [3.05, 3.63) is 290 Å². The molecular formula is C72H47FN2. The summed E-state index contributed by atoms with van der Waals surface area (Å²) in [5.74, 6) is -1.02. The summed E-state index contributed by atoms with van der Waals surface area (Å²) in [7, 11) is 0. The highest BCUT2D eigenvalue weighted by Crippen LogP contribution is 2.51. The average molecular weight is 978 g/mol. The Morgan fingerprint density at radius 3 is 1.29 bits per heavy atom. The number of hydrogen-bond donors (Lipinski definition) is 0. The van der Waals surface area contributed by atoms with Gasteiger partial charge in [-0.25, -0.2) is 4.39 Å². The van der Waals surface area contributed by atoms with E-state index in [1.165, 1.54) is 24.3 Å². The zero-order valence-corrected chi connectivity index (χ0v) is 39.4. The number of fused-ring (bicyclic) bond motifs is 2. The molecule has 0 radical (unpaired) electrons. The van der Waals surface area contributed by atoms with Crippen LogP contribution in [0, 0.1) is 5.82 Å². The minimum atomic E-state index is -1.02. The van der Waals surface area contributed by atoms with Gasteiger partial charge in [0.2, 0.25) is 0 Å². The zero-order chi connectivity index (χ0) is 66.4. The fraction of sp³-hybridized carbons (Fsp3) is 0. The summed E-state index contributed by atoms with van der Waals surface area (Å²) >= 11 is 0. The van der Waals surface area contributed by atoms with Crippen molar-refractivity contribution in [1.29, 1.82) is 0 Å². The third-order valence-corrected chi connectivity index (χ3v) is 13.8. The topological polar surface area (TPSA) is 6.48 Å². The Hall–Kier alpha value is -9.83. The molecule has 0 aromatic heterocycles. The SMILES string of the molecule is [2H]c1cc(-c2cc(-c3c([2H])c([2H])c([2H])c([2H])c3[2H])c(F)c(N(c3cccc4ccccc34)c3ccc4ccc5c(N(c6cc(-c7c([2H])c([2H])c([2H])c([2H])c7[2H])cc(-c7c([2H])c([2H])c([2H])c([2H])c7[2H])c6)c6cccc7ccccc67)ccc6ccc3c4c65)c2)c([2H])c([2H])c1[2H]. The third kappa shape index (κ3) is 7.64. The Bertz CT molecular complexity index is 5440. The monoisotopic (exact) mass is 977 g/mol. The van der Waals surface area contributed by atoms with E-state index in [1.54, 1.807) is 29.2 Å². The Morgan fingerprint density at radius 2 is 0.720 bits per heavy atom. The van der Waals surface area contributed by atoms with Crippen LogP contribution in [0.4, 0.5) is 38.5 Å². The second-order valence-corrected chi connectivity index (χ2v) is 18.0. The summed E-state index contributed by atoms with van der Waals surface area (Å²) in [6, 6.07) is 38.8. The molecule has 14 rings (SSSR count). The van der Waals surface area contributed by atoms with Gasteiger partial charge in [0, 0.05) is 32.8 Å². The smallest absolute Gasteiger partial charge is 0.155 e. The van der Waals surface area contributed by atoms with E-state index in [0.29, 0.717) is 55.4 Å². The van der Waals surface area contributed by atoms with E-state index in [0.717, 1.165) is 26.9 Å². The fourth-order valence-electron chi connectivity index (χ4n) is 10.5. The maximum Gasteiger partial charge on any atom is 0.155 e. The van der Waals surface area contributed by atoms with Gasteiger partial charge in [0.1, 0.15) is 0 Å². The van der Waals surface area contributed by atoms with E-state index in [-0.39, 0.29) is 39.1 Å². The molecule has 0 fully saturated rings. The summed E-state index contributed by atoms with van der Waals surface area (Å²) in [4.78, 5) is 3.60. The van der Waals surface area contributed by atoms with E-state index >= 15 is 4.39 Å². The maximum atomic E-state index is 18.9. The minimum Gasteiger partial charge on any atom is -0.309 e. The summed E-state index contributed by atoms with van der Waals surface area (Å²) in [6.45, 7) is 0. The van der Waals surface area contributed by atoms with E-state index < -0.39 is 132 Å². The molecule has 0 saturated carbocycles. The minimum absolute atomic E-state index is 0.0386. The van der Waals surface area contributed by atoms with Crippen molar-refractivity contribution < 1.29 is 30.4 Å². The molecule has 0 bridgehead atoms. The van der Waals surface area contributed by atoms with E-state index in [9.17, 15) is 5.48 Å². The first-order valence-electron chi connectivity index (χ1n) is 33.5. The van der Waals surface area contributed by atoms with Gasteiger partial charge in [-0.15, -0.1) is 0 Å². The first-order valence-corrected chi connectivity index (χ1v) is 24.0. The average Bonchev–Trinajstić information content (AvgIpc) is 0.717. The van der Waals surface area contributed by atoms with Gasteiger partial charge in [0.15, 0.2) is 5.82 Å². The van der Waals surface area contributed by atoms with Gasteiger partial charge < -0.3 is 9.80 Å². The summed E-state index contributed by atoms with van der Waals surface area (Å²) in [6.07, 6.45) is 0. The van der Waals surface area contributed by atoms with Crippen molar-refractivity contribution in [2.24, 2.45) is 0 Å². The normalized spacial score (nSPS) is 15.1. The number of halogens is 1. The second kappa shape index (κ2) is 18.3. The Labute approximate surface area is 462 Å². The Balaban J connectivity index is 1.09. The predicted molar refractivity (Wildman–Crippen MR) is 316 cm³/mol. The third-order valence-electron chi connectivity index (χ3n) is 13.8. The van der Waals surface area contributed by atoms with E-state index in [2.05, 4.69) is 0 Å². The van der Waals surface area contributed by atoms with E-state index in [1.807, 2.05) is 126 Å². The molecule has 3 heteroatoms. The van der Waals surface area contributed by atoms with Crippen LogP contribution in [-0.4, -0.2) is 0 Å². The van der Waals surface area contributed by atoms with Crippen LogP contribution in [-0.2, 0) is 0 Å². The van der Waals surface area contributed by atoms with Crippen LogP contribution in [0.5, 0.6) is 0 Å². The van der Waals surface area contributed by atoms with Crippen molar-refractivity contribution in [1.82, 2.24) is 0 Å². The van der Waals surface area contributed by atoms with Crippen LogP contribution in [0.1, 0.15) is 26.0 Å². The summed E-state index contributed by atoms with van der Waals surface area (Å²) < 4.78 is 187. The molecule has 0 aliphatic heterocycles. The first-order chi connectivity index (χ1) is 45.0. The van der Waals surface area contributed by atoms with Crippen LogP contribution in [0.2, 0.25) is 0 Å². The van der Waals surface area contributed by atoms with Crippen LogP contribution in [0.3, 0.4) is 0 Å². The number of benzene rings is 14. The van der Waals surface area contributed by atoms with E-state index in [4.69, 9.17) is 20.6 Å². The standard InChI is InChI=1S/C72H47FN2/c73-72-64(53-25-11-4-12-26-53)46-58(50-23-9-3-10-24-50)47-69(72)75(66-34-18-30-52-28-14-16-32-61(52)66)68-42-38-55-35-39-62-67(41-37-54-36-40-63(68)71(55)70(54)62)74(65-33-17-29-51-27-13-15-31-60(51)65)59-44-56(48-19-5-1-6-20-48)43-57(45-59)49-21-7-2-8-22-49/h1-47H/i1D,2D,3D,4D,5D,6D,7D,8D,9D,10D,11D,12D,19D,20D,21D,22D,23D,25D,26D. The lowest BCUT2D eigenvalue weighted by molar-refractivity contribution is 0.632. The fourth-order valence-corrected chi connectivity index (χ4v) is 10.5. The molecule has 0 aliphatic rings. The molecule has 0 amide bonds. The Morgan fingerprint density at radius 1 is 0.280 bits per heavy atom. The molecule has 14 aromatic carbocycles. The molecule has 0 aliphatic carbocycles. The molecule has 0 N–H and O–H groups in total. The zero-order valence-electron chi connectivity index (χ0n) is 58.4. The lowest BCUT2D eigenvalue weighted by Crippen LogP contribution is -2.14. The molecule has 0 saturated heterocycles. The number of anilines is 6. The molecule has 0 heterocycles. The van der Waals surface area contributed by atoms with Gasteiger partial charge >= 0.3 is 0 Å². The van der Waals surface area contributed by atoms with Crippen molar-refractivity contribution >= 4 is 88.0 Å². The van der Waals surface area contributed by atoms with Crippen molar-refractivity contribution in [3.63, 3.8) is 0 Å². The lowest BCUT2D eigenvalue weighted by Gasteiger charge is -2.31. The van der Waals surface area contributed by atoms with Gasteiger partial charge in [-0.2, -0.15) is 0 Å². The van der Waals surface area contributed by atoms with Crippen LogP contribution < -0.4 is 9.80 Å². The molecular weight excluding hydrogens is 912 g/mol. The molecule has 2 nitrogen and oxygen atoms in total. The summed E-state index contributed by atoms with van der Waals surface area (Å²) in [5, 5.41) is 7.08. The van der Waals surface area contributed by atoms with Gasteiger partial charge in [-0.05, 0) is 126 Å². The number of nitrogens with zero attached hydrogens (tertiary/aromatic N) is 2. The van der Waals surface area contributed by atoms with Gasteiger partial charge in [-0.1, -0.05) is 230 Å². The summed E-state index contributed by atoms with van der Waals surface area (Å²) in [5.41, 5.74) is 0.854. The quantitative estimate of drug-likeness (QED) is 0.126. The molecule has 0 atom stereocenters. The van der Waals surface area contributed by atoms with Crippen molar-refractivity contribution in [2.45, 2.75) is 0 Å². The second-order valence-electron chi connectivity index (χ2n) is 18.0. The van der Waals surface area contributed by atoms with Gasteiger partial charge in [0.25, 0.3) is 0 Å². The molecule has 75 heavy (non-hydrogen) atoms. The highest BCUT2D eigenvalue weighted by Gasteiger charge is 2.27. The number of rotatable bonds is 10. The van der Waals surface area contributed by atoms with Crippen LogP contribution in [0.25, 0.3) is 98.4 Å². The van der Waals surface area contributed by atoms with Gasteiger partial charge in [-0.3, -0.25) is 0 Å². The first kappa shape index (κ1) is 28.4. The van der Waals surface area contributed by atoms with Crippen LogP contribution in [0.15, 0.2) is 285 Å².